The Hall–Kier alpha value is -2.05. The van der Waals surface area contributed by atoms with Crippen molar-refractivity contribution in [1.29, 1.82) is 0 Å². The molecule has 0 atom stereocenters. The number of phenolic OH excluding ortho intramolecular Hbond substituents is 1. The summed E-state index contributed by atoms with van der Waals surface area (Å²) in [6.07, 6.45) is 1.81. The van der Waals surface area contributed by atoms with Crippen LogP contribution in [0.2, 0.25) is 0 Å². The van der Waals surface area contributed by atoms with Crippen LogP contribution in [-0.2, 0) is 4.79 Å². The Morgan fingerprint density at radius 2 is 2.00 bits per heavy atom. The Labute approximate surface area is 153 Å². The van der Waals surface area contributed by atoms with Crippen molar-refractivity contribution in [2.24, 2.45) is 4.99 Å². The lowest BCUT2D eigenvalue weighted by molar-refractivity contribution is -0.122. The van der Waals surface area contributed by atoms with Crippen molar-refractivity contribution in [3.8, 4) is 5.75 Å². The van der Waals surface area contributed by atoms with Crippen LogP contribution in [0.1, 0.15) is 12.5 Å². The van der Waals surface area contributed by atoms with Crippen LogP contribution in [0.15, 0.2) is 62.9 Å². The monoisotopic (exact) mass is 402 g/mol. The molecule has 2 aromatic rings. The minimum Gasteiger partial charge on any atom is -0.507 e. The number of rotatable bonds is 3. The van der Waals surface area contributed by atoms with E-state index in [0.29, 0.717) is 21.1 Å². The highest BCUT2D eigenvalue weighted by Crippen LogP contribution is 2.34. The first-order valence-corrected chi connectivity index (χ1v) is 9.03. The molecule has 0 aromatic heterocycles. The van der Waals surface area contributed by atoms with Gasteiger partial charge in [-0.3, -0.25) is 9.69 Å². The summed E-state index contributed by atoms with van der Waals surface area (Å²) in [5.41, 5.74) is 1.66. The number of amidine groups is 1. The van der Waals surface area contributed by atoms with E-state index in [1.165, 1.54) is 11.8 Å². The molecule has 0 spiro atoms. The molecule has 0 radical (unpaired) electrons. The van der Waals surface area contributed by atoms with Gasteiger partial charge >= 0.3 is 0 Å². The smallest absolute Gasteiger partial charge is 0.266 e. The van der Waals surface area contributed by atoms with E-state index in [-0.39, 0.29) is 11.7 Å². The number of para-hydroxylation sites is 1. The maximum absolute atomic E-state index is 12.6. The number of nitrogens with zero attached hydrogens (tertiary/aromatic N) is 2. The standard InChI is InChI=1S/C18H15BrN2O2S/c1-2-21-17(23)16(11-12-8-9-15(22)14(19)10-12)24-18(21)20-13-6-4-3-5-7-13/h3-11,22H,2H2,1H3/b16-11+,20-18?. The maximum atomic E-state index is 12.6. The molecule has 1 fully saturated rings. The third-order valence-corrected chi connectivity index (χ3v) is 5.10. The molecule has 1 N–H and O–H groups in total. The summed E-state index contributed by atoms with van der Waals surface area (Å²) in [7, 11) is 0. The molecule has 1 heterocycles. The molecule has 0 aliphatic carbocycles. The van der Waals surface area contributed by atoms with Crippen molar-refractivity contribution in [3.05, 3.63) is 63.5 Å². The second kappa shape index (κ2) is 7.23. The van der Waals surface area contributed by atoms with Gasteiger partial charge in [0.1, 0.15) is 5.75 Å². The summed E-state index contributed by atoms with van der Waals surface area (Å²) in [5, 5.41) is 10.3. The molecule has 1 aliphatic heterocycles. The van der Waals surface area contributed by atoms with Crippen LogP contribution in [-0.4, -0.2) is 27.6 Å². The molecule has 4 nitrogen and oxygen atoms in total. The van der Waals surface area contributed by atoms with Gasteiger partial charge in [0.2, 0.25) is 0 Å². The van der Waals surface area contributed by atoms with Crippen LogP contribution < -0.4 is 0 Å². The number of thioether (sulfide) groups is 1. The van der Waals surface area contributed by atoms with Gasteiger partial charge in [0.15, 0.2) is 5.17 Å². The number of aliphatic imine (C=N–C) groups is 1. The summed E-state index contributed by atoms with van der Waals surface area (Å²) >= 11 is 4.65. The van der Waals surface area contributed by atoms with Crippen LogP contribution in [0.5, 0.6) is 5.75 Å². The summed E-state index contributed by atoms with van der Waals surface area (Å²) in [4.78, 5) is 19.4. The zero-order valence-corrected chi connectivity index (χ0v) is 15.3. The number of carbonyl (C=O) groups is 1. The van der Waals surface area contributed by atoms with Gasteiger partial charge in [0.05, 0.1) is 15.1 Å². The minimum absolute atomic E-state index is 0.0543. The van der Waals surface area contributed by atoms with Gasteiger partial charge in [0.25, 0.3) is 5.91 Å². The van der Waals surface area contributed by atoms with Crippen LogP contribution >= 0.6 is 27.7 Å². The Morgan fingerprint density at radius 1 is 1.25 bits per heavy atom. The van der Waals surface area contributed by atoms with Gasteiger partial charge < -0.3 is 5.11 Å². The number of hydrogen-bond acceptors (Lipinski definition) is 4. The molecule has 6 heteroatoms. The van der Waals surface area contributed by atoms with E-state index in [0.717, 1.165) is 11.3 Å². The fourth-order valence-corrected chi connectivity index (χ4v) is 3.71. The lowest BCUT2D eigenvalue weighted by Crippen LogP contribution is -2.28. The van der Waals surface area contributed by atoms with Gasteiger partial charge in [-0.25, -0.2) is 4.99 Å². The number of carbonyl (C=O) groups excluding carboxylic acids is 1. The van der Waals surface area contributed by atoms with E-state index in [2.05, 4.69) is 20.9 Å². The second-order valence-electron chi connectivity index (χ2n) is 5.10. The first kappa shape index (κ1) is 16.8. The summed E-state index contributed by atoms with van der Waals surface area (Å²) in [6.45, 7) is 2.49. The highest BCUT2D eigenvalue weighted by molar-refractivity contribution is 9.10. The Kier molecular flexibility index (Phi) is 5.06. The number of amides is 1. The normalized spacial score (nSPS) is 17.9. The third kappa shape index (κ3) is 3.55. The molecule has 2 aromatic carbocycles. The van der Waals surface area contributed by atoms with Crippen molar-refractivity contribution >= 4 is 50.5 Å². The fourth-order valence-electron chi connectivity index (χ4n) is 2.25. The topological polar surface area (TPSA) is 52.9 Å². The molecule has 24 heavy (non-hydrogen) atoms. The summed E-state index contributed by atoms with van der Waals surface area (Å²) in [6, 6.07) is 14.7. The zero-order chi connectivity index (χ0) is 17.1. The fraction of sp³-hybridized carbons (Fsp3) is 0.111. The molecule has 0 saturated carbocycles. The molecule has 0 bridgehead atoms. The van der Waals surface area contributed by atoms with Crippen LogP contribution in [0.3, 0.4) is 0 Å². The Balaban J connectivity index is 1.93. The highest BCUT2D eigenvalue weighted by atomic mass is 79.9. The van der Waals surface area contributed by atoms with E-state index in [9.17, 15) is 9.90 Å². The second-order valence-corrected chi connectivity index (χ2v) is 6.96. The number of halogens is 1. The average molecular weight is 403 g/mol. The van der Waals surface area contributed by atoms with Gasteiger partial charge in [-0.1, -0.05) is 24.3 Å². The third-order valence-electron chi connectivity index (χ3n) is 3.45. The molecular formula is C18H15BrN2O2S. The SMILES string of the molecule is CCN1C(=O)/C(=C\c2ccc(O)c(Br)c2)SC1=Nc1ccccc1. The first-order chi connectivity index (χ1) is 11.6. The number of phenols is 1. The van der Waals surface area contributed by atoms with Gasteiger partial charge in [0, 0.05) is 6.54 Å². The molecule has 122 valence electrons. The Bertz CT molecular complexity index is 834. The largest absolute Gasteiger partial charge is 0.507 e. The van der Waals surface area contributed by atoms with E-state index < -0.39 is 0 Å². The highest BCUT2D eigenvalue weighted by Gasteiger charge is 2.32. The predicted molar refractivity (Wildman–Crippen MR) is 102 cm³/mol. The number of benzene rings is 2. The van der Waals surface area contributed by atoms with Crippen LogP contribution in [0.25, 0.3) is 6.08 Å². The average Bonchev–Trinajstić information content (AvgIpc) is 2.87. The number of hydrogen-bond donors (Lipinski definition) is 1. The number of likely N-dealkylation sites (N-methyl/N-ethyl adjacent to an activating group) is 1. The van der Waals surface area contributed by atoms with E-state index in [1.54, 1.807) is 23.1 Å². The summed E-state index contributed by atoms with van der Waals surface area (Å²) in [5.74, 6) is 0.116. The van der Waals surface area contributed by atoms with E-state index >= 15 is 0 Å². The van der Waals surface area contributed by atoms with Crippen molar-refractivity contribution in [3.63, 3.8) is 0 Å². The molecule has 1 amide bonds. The molecule has 0 unspecified atom stereocenters. The lowest BCUT2D eigenvalue weighted by Gasteiger charge is -2.11. The molecular weight excluding hydrogens is 388 g/mol. The van der Waals surface area contributed by atoms with Crippen molar-refractivity contribution in [2.45, 2.75) is 6.92 Å². The lowest BCUT2D eigenvalue weighted by atomic mass is 10.2. The predicted octanol–water partition coefficient (Wildman–Crippen LogP) is 4.78. The summed E-state index contributed by atoms with van der Waals surface area (Å²) < 4.78 is 0.595. The first-order valence-electron chi connectivity index (χ1n) is 7.42. The maximum Gasteiger partial charge on any atom is 0.266 e. The van der Waals surface area contributed by atoms with Crippen LogP contribution in [0, 0.1) is 0 Å². The van der Waals surface area contributed by atoms with Crippen LogP contribution in [0.4, 0.5) is 5.69 Å². The quantitative estimate of drug-likeness (QED) is 0.751. The van der Waals surface area contributed by atoms with E-state index in [1.807, 2.05) is 43.3 Å². The zero-order valence-electron chi connectivity index (χ0n) is 12.9. The molecule has 3 rings (SSSR count). The molecule has 1 saturated heterocycles. The van der Waals surface area contributed by atoms with Crippen molar-refractivity contribution in [2.75, 3.05) is 6.54 Å². The van der Waals surface area contributed by atoms with Crippen molar-refractivity contribution < 1.29 is 9.90 Å². The van der Waals surface area contributed by atoms with E-state index in [4.69, 9.17) is 0 Å². The Morgan fingerprint density at radius 3 is 2.67 bits per heavy atom. The number of aromatic hydroxyl groups is 1. The minimum atomic E-state index is -0.0543. The van der Waals surface area contributed by atoms with Gasteiger partial charge in [-0.15, -0.1) is 0 Å². The van der Waals surface area contributed by atoms with Crippen molar-refractivity contribution in [1.82, 2.24) is 4.90 Å². The molecule has 1 aliphatic rings. The van der Waals surface area contributed by atoms with Gasteiger partial charge in [-0.2, -0.15) is 0 Å². The van der Waals surface area contributed by atoms with Gasteiger partial charge in [-0.05, 0) is 70.5 Å².